The predicted molar refractivity (Wildman–Crippen MR) is 65.4 cm³/mol. The minimum Gasteiger partial charge on any atom is -0.348 e. The van der Waals surface area contributed by atoms with Crippen LogP contribution in [0.1, 0.15) is 23.3 Å². The fourth-order valence-corrected chi connectivity index (χ4v) is 3.10. The summed E-state index contributed by atoms with van der Waals surface area (Å²) >= 11 is 5.66. The minimum atomic E-state index is -0.724. The summed E-state index contributed by atoms with van der Waals surface area (Å²) in [4.78, 5) is 19.5. The summed E-state index contributed by atoms with van der Waals surface area (Å²) in [6.07, 6.45) is 4.24. The van der Waals surface area contributed by atoms with Gasteiger partial charge in [0.25, 0.3) is 5.91 Å². The van der Waals surface area contributed by atoms with Crippen molar-refractivity contribution in [2.75, 3.05) is 11.5 Å². The number of carbonyl (C=O) groups is 1. The van der Waals surface area contributed by atoms with Gasteiger partial charge < -0.3 is 5.32 Å². The first kappa shape index (κ1) is 12.4. The van der Waals surface area contributed by atoms with Crippen molar-refractivity contribution in [2.24, 2.45) is 0 Å². The Morgan fingerprint density at radius 1 is 1.41 bits per heavy atom. The van der Waals surface area contributed by atoms with Crippen LogP contribution in [0.2, 0.25) is 5.15 Å². The van der Waals surface area contributed by atoms with Crippen LogP contribution in [0.15, 0.2) is 12.4 Å². The monoisotopic (exact) mass is 273 g/mol. The van der Waals surface area contributed by atoms with Crippen LogP contribution in [0, 0.1) is 0 Å². The summed E-state index contributed by atoms with van der Waals surface area (Å²) in [5, 5.41) is 3.05. The van der Waals surface area contributed by atoms with Crippen LogP contribution in [0.3, 0.4) is 0 Å². The molecule has 1 aromatic heterocycles. The molecule has 0 radical (unpaired) electrons. The zero-order valence-corrected chi connectivity index (χ0v) is 10.6. The van der Waals surface area contributed by atoms with E-state index in [0.29, 0.717) is 11.5 Å². The molecule has 0 atom stereocenters. The van der Waals surface area contributed by atoms with Crippen molar-refractivity contribution in [1.82, 2.24) is 15.3 Å². The number of carbonyl (C=O) groups excluding carboxylic acids is 1. The molecule has 1 aliphatic rings. The third-order valence-corrected chi connectivity index (χ3v) is 4.13. The first-order valence-corrected chi connectivity index (χ1v) is 7.15. The van der Waals surface area contributed by atoms with Gasteiger partial charge in [-0.3, -0.25) is 14.0 Å². The van der Waals surface area contributed by atoms with Crippen molar-refractivity contribution in [1.29, 1.82) is 0 Å². The Morgan fingerprint density at radius 2 is 2.12 bits per heavy atom. The van der Waals surface area contributed by atoms with Gasteiger partial charge in [0.05, 0.1) is 12.4 Å². The fraction of sp³-hybridized carbons (Fsp3) is 0.500. The van der Waals surface area contributed by atoms with Crippen molar-refractivity contribution in [2.45, 2.75) is 18.9 Å². The fourth-order valence-electron chi connectivity index (χ4n) is 1.65. The Bertz CT molecular complexity index is 445. The lowest BCUT2D eigenvalue weighted by Gasteiger charge is -2.22. The zero-order chi connectivity index (χ0) is 12.3. The van der Waals surface area contributed by atoms with Crippen LogP contribution >= 0.6 is 11.6 Å². The Balaban J connectivity index is 1.95. The number of rotatable bonds is 2. The third kappa shape index (κ3) is 3.47. The SMILES string of the molecule is O=C(NC1CCS(=O)CC1)c1cncc(Cl)n1. The highest BCUT2D eigenvalue weighted by molar-refractivity contribution is 7.85. The Kier molecular flexibility index (Phi) is 4.06. The number of nitrogens with zero attached hydrogens (tertiary/aromatic N) is 2. The number of hydrogen-bond acceptors (Lipinski definition) is 4. The summed E-state index contributed by atoms with van der Waals surface area (Å²) < 4.78 is 11.2. The molecule has 0 aromatic carbocycles. The Labute approximate surface area is 106 Å². The molecule has 92 valence electrons. The summed E-state index contributed by atoms with van der Waals surface area (Å²) in [5.74, 6) is 1.01. The van der Waals surface area contributed by atoms with Gasteiger partial charge in [-0.2, -0.15) is 0 Å². The highest BCUT2D eigenvalue weighted by atomic mass is 35.5. The van der Waals surface area contributed by atoms with Crippen LogP contribution in [-0.4, -0.2) is 37.6 Å². The summed E-state index contributed by atoms with van der Waals surface area (Å²) in [6, 6.07) is 0.0704. The topological polar surface area (TPSA) is 72.0 Å². The van der Waals surface area contributed by atoms with Crippen molar-refractivity contribution < 1.29 is 9.00 Å². The molecule has 1 N–H and O–H groups in total. The number of aromatic nitrogens is 2. The van der Waals surface area contributed by atoms with Crippen molar-refractivity contribution in [3.8, 4) is 0 Å². The largest absolute Gasteiger partial charge is 0.348 e. The van der Waals surface area contributed by atoms with Gasteiger partial charge in [-0.05, 0) is 12.8 Å². The molecule has 2 rings (SSSR count). The Morgan fingerprint density at radius 3 is 2.76 bits per heavy atom. The molecule has 7 heteroatoms. The maximum atomic E-state index is 11.8. The van der Waals surface area contributed by atoms with Gasteiger partial charge in [0.15, 0.2) is 0 Å². The van der Waals surface area contributed by atoms with Gasteiger partial charge in [0.2, 0.25) is 0 Å². The number of amides is 1. The quantitative estimate of drug-likeness (QED) is 0.864. The summed E-state index contributed by atoms with van der Waals surface area (Å²) in [6.45, 7) is 0. The van der Waals surface area contributed by atoms with E-state index in [9.17, 15) is 9.00 Å². The van der Waals surface area contributed by atoms with Crippen LogP contribution in [0.5, 0.6) is 0 Å². The second kappa shape index (κ2) is 5.55. The van der Waals surface area contributed by atoms with E-state index in [-0.39, 0.29) is 22.8 Å². The van der Waals surface area contributed by atoms with Crippen molar-refractivity contribution in [3.63, 3.8) is 0 Å². The zero-order valence-electron chi connectivity index (χ0n) is 9.06. The molecule has 0 aliphatic carbocycles. The molecule has 0 saturated carbocycles. The molecule has 1 aliphatic heterocycles. The van der Waals surface area contributed by atoms with E-state index in [1.54, 1.807) is 0 Å². The molecule has 17 heavy (non-hydrogen) atoms. The maximum absolute atomic E-state index is 11.8. The van der Waals surface area contributed by atoms with Gasteiger partial charge in [-0.15, -0.1) is 0 Å². The normalized spacial score (nSPS) is 24.3. The second-order valence-corrected chi connectivity index (χ2v) is 5.91. The van der Waals surface area contributed by atoms with Gasteiger partial charge in [-0.1, -0.05) is 11.6 Å². The molecular weight excluding hydrogens is 262 g/mol. The molecule has 5 nitrogen and oxygen atoms in total. The van der Waals surface area contributed by atoms with E-state index in [2.05, 4.69) is 15.3 Å². The molecule has 1 fully saturated rings. The molecule has 0 unspecified atom stereocenters. The van der Waals surface area contributed by atoms with Crippen molar-refractivity contribution >= 4 is 28.3 Å². The Hall–Kier alpha value is -1.01. The van der Waals surface area contributed by atoms with Crippen LogP contribution < -0.4 is 5.32 Å². The summed E-state index contributed by atoms with van der Waals surface area (Å²) in [5.41, 5.74) is 0.212. The second-order valence-electron chi connectivity index (χ2n) is 3.82. The molecule has 1 amide bonds. The van der Waals surface area contributed by atoms with E-state index in [0.717, 1.165) is 12.8 Å². The van der Waals surface area contributed by atoms with Gasteiger partial charge in [0.1, 0.15) is 10.8 Å². The maximum Gasteiger partial charge on any atom is 0.271 e. The average Bonchev–Trinajstić information content (AvgIpc) is 2.32. The highest BCUT2D eigenvalue weighted by Crippen LogP contribution is 2.10. The molecule has 1 saturated heterocycles. The first-order chi connectivity index (χ1) is 8.15. The van der Waals surface area contributed by atoms with Gasteiger partial charge in [-0.25, -0.2) is 4.98 Å². The lowest BCUT2D eigenvalue weighted by molar-refractivity contribution is 0.0929. The smallest absolute Gasteiger partial charge is 0.271 e. The molecule has 0 bridgehead atoms. The lowest BCUT2D eigenvalue weighted by atomic mass is 10.1. The molecule has 1 aromatic rings. The molecular formula is C10H12ClN3O2S. The molecule has 2 heterocycles. The van der Waals surface area contributed by atoms with Gasteiger partial charge in [0, 0.05) is 28.3 Å². The first-order valence-electron chi connectivity index (χ1n) is 5.28. The average molecular weight is 274 g/mol. The van der Waals surface area contributed by atoms with E-state index < -0.39 is 10.8 Å². The van der Waals surface area contributed by atoms with Crippen LogP contribution in [0.25, 0.3) is 0 Å². The number of halogens is 1. The standard InChI is InChI=1S/C10H12ClN3O2S/c11-9-6-12-5-8(14-9)10(15)13-7-1-3-17(16)4-2-7/h5-7H,1-4H2,(H,13,15). The lowest BCUT2D eigenvalue weighted by Crippen LogP contribution is -2.39. The highest BCUT2D eigenvalue weighted by Gasteiger charge is 2.20. The van der Waals surface area contributed by atoms with Crippen LogP contribution in [-0.2, 0) is 10.8 Å². The number of nitrogens with one attached hydrogen (secondary N) is 1. The van der Waals surface area contributed by atoms with E-state index in [4.69, 9.17) is 11.6 Å². The van der Waals surface area contributed by atoms with Crippen LogP contribution in [0.4, 0.5) is 0 Å². The van der Waals surface area contributed by atoms with Crippen molar-refractivity contribution in [3.05, 3.63) is 23.2 Å². The number of hydrogen-bond donors (Lipinski definition) is 1. The molecule has 0 spiro atoms. The predicted octanol–water partition coefficient (Wildman–Crippen LogP) is 0.771. The minimum absolute atomic E-state index is 0.0704. The van der Waals surface area contributed by atoms with E-state index in [1.165, 1.54) is 12.4 Å². The van der Waals surface area contributed by atoms with E-state index >= 15 is 0 Å². The van der Waals surface area contributed by atoms with Gasteiger partial charge >= 0.3 is 0 Å². The van der Waals surface area contributed by atoms with E-state index in [1.807, 2.05) is 0 Å². The summed E-state index contributed by atoms with van der Waals surface area (Å²) in [7, 11) is -0.724. The third-order valence-electron chi connectivity index (χ3n) is 2.56.